The first kappa shape index (κ1) is 22.2. The van der Waals surface area contributed by atoms with Crippen molar-refractivity contribution in [2.45, 2.75) is 116 Å². The lowest BCUT2D eigenvalue weighted by molar-refractivity contribution is 0.517. The van der Waals surface area contributed by atoms with Gasteiger partial charge in [-0.05, 0) is 18.6 Å². The van der Waals surface area contributed by atoms with Crippen molar-refractivity contribution < 1.29 is 0 Å². The molecule has 0 saturated heterocycles. The maximum absolute atomic E-state index is 6.19. The molecule has 1 aromatic rings. The van der Waals surface area contributed by atoms with Crippen LogP contribution >= 0.6 is 0 Å². The third kappa shape index (κ3) is 13.0. The fourth-order valence-corrected chi connectivity index (χ4v) is 3.48. The molecule has 0 aliphatic carbocycles. The van der Waals surface area contributed by atoms with Crippen LogP contribution in [-0.2, 0) is 0 Å². The second kappa shape index (κ2) is 16.6. The molecule has 1 atom stereocenters. The summed E-state index contributed by atoms with van der Waals surface area (Å²) in [5.41, 5.74) is 7.22. The Morgan fingerprint density at radius 1 is 0.720 bits per heavy atom. The van der Waals surface area contributed by atoms with Crippen LogP contribution in [0.2, 0.25) is 0 Å². The van der Waals surface area contributed by atoms with Gasteiger partial charge in [-0.1, -0.05) is 109 Å². The number of unbranched alkanes of at least 4 members (excludes halogenated alkanes) is 14. The molecule has 0 radical (unpaired) electrons. The molecule has 2 nitrogen and oxygen atoms in total. The molecule has 2 N–H and O–H groups in total. The molecule has 1 rings (SSSR count). The number of hydrogen-bond acceptors (Lipinski definition) is 2. The summed E-state index contributed by atoms with van der Waals surface area (Å²) in [5, 5.41) is 0. The summed E-state index contributed by atoms with van der Waals surface area (Å²) < 4.78 is 0. The summed E-state index contributed by atoms with van der Waals surface area (Å²) in [4.78, 5) is 4.34. The van der Waals surface area contributed by atoms with Gasteiger partial charge >= 0.3 is 0 Å². The summed E-state index contributed by atoms with van der Waals surface area (Å²) in [6.45, 7) is 2.29. The largest absolute Gasteiger partial charge is 0.323 e. The molecule has 0 amide bonds. The van der Waals surface area contributed by atoms with Gasteiger partial charge in [-0.3, -0.25) is 4.98 Å². The molecule has 0 bridgehead atoms. The molecule has 25 heavy (non-hydrogen) atoms. The molecular formula is C23H42N2. The van der Waals surface area contributed by atoms with Gasteiger partial charge in [0.05, 0.1) is 5.69 Å². The van der Waals surface area contributed by atoms with E-state index in [1.807, 2.05) is 24.4 Å². The van der Waals surface area contributed by atoms with Crippen LogP contribution in [0.25, 0.3) is 0 Å². The van der Waals surface area contributed by atoms with E-state index in [0.29, 0.717) is 0 Å². The van der Waals surface area contributed by atoms with E-state index in [0.717, 1.165) is 12.1 Å². The van der Waals surface area contributed by atoms with Gasteiger partial charge in [0.25, 0.3) is 0 Å². The average molecular weight is 347 g/mol. The van der Waals surface area contributed by atoms with Gasteiger partial charge in [-0.25, -0.2) is 0 Å². The highest BCUT2D eigenvalue weighted by Gasteiger charge is 2.05. The van der Waals surface area contributed by atoms with Gasteiger partial charge in [-0.2, -0.15) is 0 Å². The van der Waals surface area contributed by atoms with Crippen molar-refractivity contribution in [3.05, 3.63) is 30.1 Å². The number of rotatable bonds is 17. The number of pyridine rings is 1. The van der Waals surface area contributed by atoms with Gasteiger partial charge in [-0.15, -0.1) is 0 Å². The fraction of sp³-hybridized carbons (Fsp3) is 0.783. The minimum atomic E-state index is 0.114. The van der Waals surface area contributed by atoms with Gasteiger partial charge in [0.15, 0.2) is 0 Å². The number of hydrogen-bond donors (Lipinski definition) is 1. The first-order valence-electron chi connectivity index (χ1n) is 11.0. The summed E-state index contributed by atoms with van der Waals surface area (Å²) in [6, 6.07) is 6.12. The highest BCUT2D eigenvalue weighted by Crippen LogP contribution is 2.17. The van der Waals surface area contributed by atoms with Gasteiger partial charge in [0, 0.05) is 12.2 Å². The molecule has 0 saturated carbocycles. The lowest BCUT2D eigenvalue weighted by Crippen LogP contribution is -2.11. The van der Waals surface area contributed by atoms with Crippen molar-refractivity contribution in [3.8, 4) is 0 Å². The molecule has 1 unspecified atom stereocenters. The zero-order chi connectivity index (χ0) is 18.0. The topological polar surface area (TPSA) is 38.9 Å². The van der Waals surface area contributed by atoms with E-state index in [-0.39, 0.29) is 6.04 Å². The molecule has 0 aliphatic heterocycles. The Hall–Kier alpha value is -0.890. The fourth-order valence-electron chi connectivity index (χ4n) is 3.48. The SMILES string of the molecule is CCCCCCCCCCCCCCCCCC(N)c1ccccn1. The zero-order valence-corrected chi connectivity index (χ0v) is 16.7. The summed E-state index contributed by atoms with van der Waals surface area (Å²) in [6.07, 6.45) is 24.0. The Balaban J connectivity index is 1.77. The smallest absolute Gasteiger partial charge is 0.0570 e. The van der Waals surface area contributed by atoms with Gasteiger partial charge in [0.1, 0.15) is 0 Å². The van der Waals surface area contributed by atoms with Crippen LogP contribution in [-0.4, -0.2) is 4.98 Å². The van der Waals surface area contributed by atoms with Crippen molar-refractivity contribution in [2.24, 2.45) is 5.73 Å². The molecule has 0 aromatic carbocycles. The predicted octanol–water partition coefficient (Wildman–Crippen LogP) is 7.34. The molecule has 2 heteroatoms. The lowest BCUT2D eigenvalue weighted by atomic mass is 10.0. The Kier molecular flexibility index (Phi) is 14.7. The van der Waals surface area contributed by atoms with Crippen LogP contribution in [0.5, 0.6) is 0 Å². The van der Waals surface area contributed by atoms with Crippen molar-refractivity contribution in [2.75, 3.05) is 0 Å². The molecule has 0 spiro atoms. The molecule has 0 aliphatic rings. The second-order valence-corrected chi connectivity index (χ2v) is 7.60. The molecular weight excluding hydrogens is 304 g/mol. The highest BCUT2D eigenvalue weighted by atomic mass is 14.8. The van der Waals surface area contributed by atoms with Crippen molar-refractivity contribution in [3.63, 3.8) is 0 Å². The van der Waals surface area contributed by atoms with E-state index < -0.39 is 0 Å². The minimum Gasteiger partial charge on any atom is -0.323 e. The Morgan fingerprint density at radius 3 is 1.64 bits per heavy atom. The van der Waals surface area contributed by atoms with E-state index >= 15 is 0 Å². The minimum absolute atomic E-state index is 0.114. The monoisotopic (exact) mass is 346 g/mol. The first-order chi connectivity index (χ1) is 12.3. The third-order valence-electron chi connectivity index (χ3n) is 5.19. The standard InChI is InChI=1S/C23H42N2/c1-2-3-4-5-6-7-8-9-10-11-12-13-14-15-16-19-22(24)23-20-17-18-21-25-23/h17-18,20-22H,2-16,19,24H2,1H3. The van der Waals surface area contributed by atoms with E-state index in [1.165, 1.54) is 96.3 Å². The summed E-state index contributed by atoms with van der Waals surface area (Å²) >= 11 is 0. The van der Waals surface area contributed by atoms with Gasteiger partial charge < -0.3 is 5.73 Å². The zero-order valence-electron chi connectivity index (χ0n) is 16.7. The quantitative estimate of drug-likeness (QED) is 0.300. The van der Waals surface area contributed by atoms with Crippen LogP contribution in [0.3, 0.4) is 0 Å². The van der Waals surface area contributed by atoms with E-state index in [9.17, 15) is 0 Å². The number of nitrogens with two attached hydrogens (primary N) is 1. The summed E-state index contributed by atoms with van der Waals surface area (Å²) in [7, 11) is 0. The van der Waals surface area contributed by atoms with Crippen LogP contribution in [0, 0.1) is 0 Å². The van der Waals surface area contributed by atoms with Crippen LogP contribution in [0.4, 0.5) is 0 Å². The molecule has 144 valence electrons. The normalized spacial score (nSPS) is 12.4. The van der Waals surface area contributed by atoms with E-state index in [2.05, 4.69) is 11.9 Å². The highest BCUT2D eigenvalue weighted by molar-refractivity contribution is 5.07. The lowest BCUT2D eigenvalue weighted by Gasteiger charge is -2.10. The second-order valence-electron chi connectivity index (χ2n) is 7.60. The maximum Gasteiger partial charge on any atom is 0.0570 e. The van der Waals surface area contributed by atoms with E-state index in [4.69, 9.17) is 5.73 Å². The van der Waals surface area contributed by atoms with Crippen molar-refractivity contribution >= 4 is 0 Å². The third-order valence-corrected chi connectivity index (χ3v) is 5.19. The van der Waals surface area contributed by atoms with Crippen LogP contribution in [0.15, 0.2) is 24.4 Å². The Morgan fingerprint density at radius 2 is 1.20 bits per heavy atom. The van der Waals surface area contributed by atoms with Gasteiger partial charge in [0.2, 0.25) is 0 Å². The Labute approximate surface area is 157 Å². The first-order valence-corrected chi connectivity index (χ1v) is 11.0. The van der Waals surface area contributed by atoms with E-state index in [1.54, 1.807) is 0 Å². The average Bonchev–Trinajstić information content (AvgIpc) is 2.65. The molecule has 0 fully saturated rings. The van der Waals surface area contributed by atoms with Crippen LogP contribution < -0.4 is 5.73 Å². The van der Waals surface area contributed by atoms with Crippen molar-refractivity contribution in [1.29, 1.82) is 0 Å². The number of aromatic nitrogens is 1. The van der Waals surface area contributed by atoms with Crippen molar-refractivity contribution in [1.82, 2.24) is 4.98 Å². The maximum atomic E-state index is 6.19. The number of nitrogens with zero attached hydrogens (tertiary/aromatic N) is 1. The predicted molar refractivity (Wildman–Crippen MR) is 111 cm³/mol. The Bertz CT molecular complexity index is 377. The van der Waals surface area contributed by atoms with Crippen LogP contribution in [0.1, 0.15) is 121 Å². The summed E-state index contributed by atoms with van der Waals surface area (Å²) in [5.74, 6) is 0. The molecule has 1 heterocycles. The molecule has 1 aromatic heterocycles.